The Kier molecular flexibility index (Phi) is 6.36. The predicted molar refractivity (Wildman–Crippen MR) is 118 cm³/mol. The van der Waals surface area contributed by atoms with Crippen LogP contribution in [0.1, 0.15) is 17.2 Å². The van der Waals surface area contributed by atoms with Crippen LogP contribution in [0, 0.1) is 10.1 Å². The van der Waals surface area contributed by atoms with E-state index in [4.69, 9.17) is 9.47 Å². The second-order valence-corrected chi connectivity index (χ2v) is 7.88. The number of hydrazine groups is 1. The summed E-state index contributed by atoms with van der Waals surface area (Å²) < 4.78 is 12.7. The molecule has 1 aliphatic heterocycles. The molecule has 1 saturated heterocycles. The van der Waals surface area contributed by atoms with Crippen molar-refractivity contribution >= 4 is 21.6 Å². The first-order chi connectivity index (χ1) is 15.0. The first kappa shape index (κ1) is 21.1. The zero-order valence-electron chi connectivity index (χ0n) is 16.3. The van der Waals surface area contributed by atoms with Crippen molar-refractivity contribution in [3.63, 3.8) is 0 Å². The summed E-state index contributed by atoms with van der Waals surface area (Å²) in [5.41, 5.74) is 7.73. The highest BCUT2D eigenvalue weighted by Crippen LogP contribution is 2.34. The zero-order valence-corrected chi connectivity index (χ0v) is 17.9. The zero-order chi connectivity index (χ0) is 21.8. The predicted octanol–water partition coefficient (Wildman–Crippen LogP) is 4.24. The minimum atomic E-state index is -0.444. The van der Waals surface area contributed by atoms with E-state index in [0.717, 1.165) is 15.8 Å². The molecule has 3 aromatic rings. The number of phenols is 1. The number of nitrogens with zero attached hydrogens (tertiary/aromatic N) is 1. The van der Waals surface area contributed by atoms with E-state index in [2.05, 4.69) is 26.8 Å². The number of nitro groups is 1. The third kappa shape index (κ3) is 4.96. The number of para-hydroxylation sites is 1. The van der Waals surface area contributed by atoms with Gasteiger partial charge in [0.25, 0.3) is 5.69 Å². The van der Waals surface area contributed by atoms with E-state index in [0.29, 0.717) is 17.9 Å². The number of hydrogen-bond donors (Lipinski definition) is 3. The van der Waals surface area contributed by atoms with Crippen LogP contribution in [0.25, 0.3) is 0 Å². The lowest BCUT2D eigenvalue weighted by Gasteiger charge is -2.22. The number of halogens is 1. The van der Waals surface area contributed by atoms with Gasteiger partial charge >= 0.3 is 0 Å². The molecule has 0 spiro atoms. The van der Waals surface area contributed by atoms with Crippen molar-refractivity contribution in [1.29, 1.82) is 0 Å². The monoisotopic (exact) mass is 485 g/mol. The average Bonchev–Trinajstić information content (AvgIpc) is 3.22. The number of rotatable bonds is 7. The van der Waals surface area contributed by atoms with Gasteiger partial charge in [0.05, 0.1) is 15.4 Å². The number of ether oxygens (including phenoxy) is 2. The standard InChI is InChI=1S/C22H20BrN3O5/c23-18-3-1-2-4-20(18)31-21-12-24-25-22(21)17-10-9-16(11-19(17)27)30-13-14-5-7-15(8-6-14)26(28)29/h1-11,21-22,24-25,27H,12-13H2. The van der Waals surface area contributed by atoms with Crippen LogP contribution in [0.3, 0.4) is 0 Å². The molecule has 160 valence electrons. The van der Waals surface area contributed by atoms with Crippen LogP contribution >= 0.6 is 15.9 Å². The molecular formula is C22H20BrN3O5. The van der Waals surface area contributed by atoms with Gasteiger partial charge in [0, 0.05) is 30.3 Å². The van der Waals surface area contributed by atoms with Crippen molar-refractivity contribution in [2.75, 3.05) is 6.54 Å². The third-order valence-corrected chi connectivity index (χ3v) is 5.59. The Morgan fingerprint density at radius 1 is 1.13 bits per heavy atom. The quantitative estimate of drug-likeness (QED) is 0.339. The number of aromatic hydroxyl groups is 1. The van der Waals surface area contributed by atoms with Gasteiger partial charge in [-0.3, -0.25) is 15.5 Å². The second-order valence-electron chi connectivity index (χ2n) is 7.02. The van der Waals surface area contributed by atoms with Gasteiger partial charge in [-0.15, -0.1) is 0 Å². The van der Waals surface area contributed by atoms with Gasteiger partial charge in [0.2, 0.25) is 0 Å². The summed E-state index contributed by atoms with van der Waals surface area (Å²) in [5, 5.41) is 21.3. The molecule has 1 heterocycles. The van der Waals surface area contributed by atoms with Crippen molar-refractivity contribution in [1.82, 2.24) is 10.9 Å². The van der Waals surface area contributed by atoms with Gasteiger partial charge in [0.15, 0.2) is 0 Å². The Bertz CT molecular complexity index is 1080. The topological polar surface area (TPSA) is 106 Å². The van der Waals surface area contributed by atoms with Gasteiger partial charge in [-0.2, -0.15) is 0 Å². The van der Waals surface area contributed by atoms with Crippen molar-refractivity contribution in [3.05, 3.63) is 92.4 Å². The maximum absolute atomic E-state index is 10.7. The fourth-order valence-electron chi connectivity index (χ4n) is 3.33. The average molecular weight is 486 g/mol. The number of non-ortho nitro benzene ring substituents is 1. The molecule has 8 nitrogen and oxygen atoms in total. The lowest BCUT2D eigenvalue weighted by Crippen LogP contribution is -2.28. The Balaban J connectivity index is 1.43. The van der Waals surface area contributed by atoms with Gasteiger partial charge in [-0.05, 0) is 57.9 Å². The first-order valence-corrected chi connectivity index (χ1v) is 10.4. The van der Waals surface area contributed by atoms with Crippen molar-refractivity contribution in [2.24, 2.45) is 0 Å². The highest BCUT2D eigenvalue weighted by atomic mass is 79.9. The normalized spacial score (nSPS) is 18.0. The number of phenolic OH excluding ortho intramolecular Hbond substituents is 1. The fourth-order valence-corrected chi connectivity index (χ4v) is 3.71. The van der Waals surface area contributed by atoms with E-state index in [1.54, 1.807) is 30.3 Å². The van der Waals surface area contributed by atoms with E-state index in [-0.39, 0.29) is 30.2 Å². The molecule has 3 N–H and O–H groups in total. The number of benzene rings is 3. The van der Waals surface area contributed by atoms with Crippen molar-refractivity contribution in [2.45, 2.75) is 18.8 Å². The van der Waals surface area contributed by atoms with Crippen LogP contribution < -0.4 is 20.3 Å². The molecule has 31 heavy (non-hydrogen) atoms. The molecule has 0 saturated carbocycles. The maximum Gasteiger partial charge on any atom is 0.269 e. The highest BCUT2D eigenvalue weighted by Gasteiger charge is 2.32. The largest absolute Gasteiger partial charge is 0.507 e. The summed E-state index contributed by atoms with van der Waals surface area (Å²) in [6.07, 6.45) is -0.225. The Morgan fingerprint density at radius 3 is 2.61 bits per heavy atom. The first-order valence-electron chi connectivity index (χ1n) is 9.60. The lowest BCUT2D eigenvalue weighted by molar-refractivity contribution is -0.384. The number of nitro benzene ring substituents is 1. The minimum absolute atomic E-state index is 0.0303. The van der Waals surface area contributed by atoms with E-state index in [1.807, 2.05) is 24.3 Å². The number of hydrogen-bond acceptors (Lipinski definition) is 7. The smallest absolute Gasteiger partial charge is 0.269 e. The number of nitrogens with one attached hydrogen (secondary N) is 2. The SMILES string of the molecule is O=[N+]([O-])c1ccc(COc2ccc(C3NNCC3Oc3ccccc3Br)c(O)c2)cc1. The molecule has 1 fully saturated rings. The molecule has 2 atom stereocenters. The fraction of sp³-hybridized carbons (Fsp3) is 0.182. The van der Waals surface area contributed by atoms with Gasteiger partial charge in [-0.25, -0.2) is 5.43 Å². The molecule has 0 aliphatic carbocycles. The summed E-state index contributed by atoms with van der Waals surface area (Å²) in [6.45, 7) is 0.803. The summed E-state index contributed by atoms with van der Waals surface area (Å²) in [5.74, 6) is 1.31. The van der Waals surface area contributed by atoms with Crippen molar-refractivity contribution < 1.29 is 19.5 Å². The van der Waals surface area contributed by atoms with Crippen LogP contribution in [0.4, 0.5) is 5.69 Å². The minimum Gasteiger partial charge on any atom is -0.507 e. The Morgan fingerprint density at radius 2 is 1.90 bits per heavy atom. The van der Waals surface area contributed by atoms with E-state index in [1.165, 1.54) is 12.1 Å². The molecule has 9 heteroatoms. The molecule has 0 radical (unpaired) electrons. The summed E-state index contributed by atoms with van der Waals surface area (Å²) in [6, 6.07) is 18.6. The summed E-state index contributed by atoms with van der Waals surface area (Å²) in [4.78, 5) is 10.3. The maximum atomic E-state index is 10.7. The molecule has 3 aromatic carbocycles. The molecule has 4 rings (SSSR count). The van der Waals surface area contributed by atoms with Crippen LogP contribution in [0.2, 0.25) is 0 Å². The Hall–Kier alpha value is -3.14. The van der Waals surface area contributed by atoms with E-state index >= 15 is 0 Å². The molecular weight excluding hydrogens is 466 g/mol. The Labute approximate surface area is 187 Å². The van der Waals surface area contributed by atoms with Gasteiger partial charge in [-0.1, -0.05) is 12.1 Å². The van der Waals surface area contributed by atoms with Crippen LogP contribution in [-0.2, 0) is 6.61 Å². The van der Waals surface area contributed by atoms with Gasteiger partial charge in [0.1, 0.15) is 30.0 Å². The van der Waals surface area contributed by atoms with Gasteiger partial charge < -0.3 is 14.6 Å². The second kappa shape index (κ2) is 9.34. The molecule has 0 amide bonds. The van der Waals surface area contributed by atoms with E-state index < -0.39 is 4.92 Å². The van der Waals surface area contributed by atoms with E-state index in [9.17, 15) is 15.2 Å². The summed E-state index contributed by atoms with van der Waals surface area (Å²) in [7, 11) is 0. The third-order valence-electron chi connectivity index (χ3n) is 4.94. The molecule has 2 unspecified atom stereocenters. The summed E-state index contributed by atoms with van der Waals surface area (Å²) >= 11 is 3.49. The van der Waals surface area contributed by atoms with Crippen LogP contribution in [0.5, 0.6) is 17.2 Å². The van der Waals surface area contributed by atoms with Crippen molar-refractivity contribution in [3.8, 4) is 17.2 Å². The molecule has 1 aliphatic rings. The van der Waals surface area contributed by atoms with Crippen LogP contribution in [-0.4, -0.2) is 22.7 Å². The lowest BCUT2D eigenvalue weighted by atomic mass is 10.0. The molecule has 0 bridgehead atoms. The van der Waals surface area contributed by atoms with Crippen LogP contribution in [0.15, 0.2) is 71.2 Å². The molecule has 0 aromatic heterocycles. The highest BCUT2D eigenvalue weighted by molar-refractivity contribution is 9.10.